The molecule has 0 saturated heterocycles. The third-order valence-corrected chi connectivity index (χ3v) is 1.65. The average Bonchev–Trinajstić information content (AvgIpc) is 2.17. The van der Waals surface area contributed by atoms with E-state index in [0.29, 0.717) is 0 Å². The summed E-state index contributed by atoms with van der Waals surface area (Å²) in [6.07, 6.45) is 0. The van der Waals surface area contributed by atoms with Gasteiger partial charge in [0.2, 0.25) is 0 Å². The lowest BCUT2D eigenvalue weighted by Crippen LogP contribution is -2.28. The molecule has 0 aliphatic carbocycles. The van der Waals surface area contributed by atoms with Crippen LogP contribution in [0.15, 0.2) is 0 Å². The molecule has 0 rings (SSSR count). The van der Waals surface area contributed by atoms with Crippen molar-refractivity contribution in [2.24, 2.45) is 0 Å². The molecule has 0 aliphatic heterocycles. The van der Waals surface area contributed by atoms with Crippen LogP contribution in [0.3, 0.4) is 0 Å². The molecule has 0 bridgehead atoms. The first-order valence-electron chi connectivity index (χ1n) is 6.59. The van der Waals surface area contributed by atoms with Crippen LogP contribution >= 0.6 is 0 Å². The summed E-state index contributed by atoms with van der Waals surface area (Å²) < 4.78 is 20.3. The fraction of sp³-hybridized carbons (Fsp3) is 0.857. The highest BCUT2D eigenvalue weighted by Crippen LogP contribution is 2.07. The summed E-state index contributed by atoms with van der Waals surface area (Å²) in [5, 5.41) is 0. The number of hydrogen-bond acceptors (Lipinski definition) is 6. The Labute approximate surface area is 120 Å². The third-order valence-electron chi connectivity index (χ3n) is 1.65. The molecule has 0 amide bonds. The number of carbonyl (C=O) groups is 2. The Bertz CT molecular complexity index is 279. The van der Waals surface area contributed by atoms with E-state index in [0.717, 1.165) is 0 Å². The lowest BCUT2D eigenvalue weighted by molar-refractivity contribution is -0.164. The number of esters is 2. The Morgan fingerprint density at radius 3 is 1.25 bits per heavy atom. The van der Waals surface area contributed by atoms with E-state index in [1.807, 2.05) is 0 Å². The summed E-state index contributed by atoms with van der Waals surface area (Å²) in [5.41, 5.74) is -1.04. The smallest absolute Gasteiger partial charge is 0.332 e. The molecule has 0 aromatic heterocycles. The molecule has 6 nitrogen and oxygen atoms in total. The van der Waals surface area contributed by atoms with Crippen LogP contribution in [0.25, 0.3) is 0 Å². The highest BCUT2D eigenvalue weighted by atomic mass is 16.6. The van der Waals surface area contributed by atoms with E-state index in [2.05, 4.69) is 0 Å². The first-order valence-corrected chi connectivity index (χ1v) is 6.59. The van der Waals surface area contributed by atoms with Crippen LogP contribution in [0.5, 0.6) is 0 Å². The van der Waals surface area contributed by atoms with Gasteiger partial charge < -0.3 is 18.9 Å². The number of ether oxygens (including phenoxy) is 4. The molecular weight excluding hydrogens is 264 g/mol. The van der Waals surface area contributed by atoms with Gasteiger partial charge in [0.05, 0.1) is 13.2 Å². The van der Waals surface area contributed by atoms with Crippen LogP contribution in [0, 0.1) is 0 Å². The maximum atomic E-state index is 11.3. The second-order valence-electron chi connectivity index (χ2n) is 6.28. The van der Waals surface area contributed by atoms with Crippen LogP contribution in [-0.4, -0.2) is 49.6 Å². The van der Waals surface area contributed by atoms with Crippen molar-refractivity contribution in [2.75, 3.05) is 26.4 Å². The van der Waals surface area contributed by atoms with Crippen molar-refractivity contribution in [3.8, 4) is 0 Å². The number of rotatable bonds is 7. The molecule has 0 radical (unpaired) electrons. The second-order valence-corrected chi connectivity index (χ2v) is 6.28. The summed E-state index contributed by atoms with van der Waals surface area (Å²) in [6, 6.07) is 0. The quantitative estimate of drug-likeness (QED) is 0.525. The summed E-state index contributed by atoms with van der Waals surface area (Å²) in [6.45, 7) is 10.9. The predicted octanol–water partition coefficient (Wildman–Crippen LogP) is 1.70. The minimum absolute atomic E-state index is 0.132. The molecule has 0 aromatic carbocycles. The minimum Gasteiger partial charge on any atom is -0.458 e. The third kappa shape index (κ3) is 13.3. The molecule has 0 N–H and O–H groups in total. The van der Waals surface area contributed by atoms with Gasteiger partial charge in [-0.15, -0.1) is 0 Å². The second kappa shape index (κ2) is 8.21. The maximum Gasteiger partial charge on any atom is 0.332 e. The molecule has 0 heterocycles. The van der Waals surface area contributed by atoms with Crippen LogP contribution in [0.2, 0.25) is 0 Å². The van der Waals surface area contributed by atoms with Gasteiger partial charge in [-0.3, -0.25) is 0 Å². The average molecular weight is 290 g/mol. The van der Waals surface area contributed by atoms with E-state index < -0.39 is 23.1 Å². The maximum absolute atomic E-state index is 11.3. The van der Waals surface area contributed by atoms with Crippen molar-refractivity contribution >= 4 is 11.9 Å². The highest BCUT2D eigenvalue weighted by Gasteiger charge is 2.17. The SMILES string of the molecule is CC(C)(C)OC(=O)COCCOCC(=O)OC(C)(C)C. The van der Waals surface area contributed by atoms with Crippen LogP contribution < -0.4 is 0 Å². The molecule has 20 heavy (non-hydrogen) atoms. The fourth-order valence-corrected chi connectivity index (χ4v) is 1.17. The topological polar surface area (TPSA) is 71.1 Å². The molecule has 118 valence electrons. The monoisotopic (exact) mass is 290 g/mol. The van der Waals surface area contributed by atoms with E-state index in [1.165, 1.54) is 0 Å². The van der Waals surface area contributed by atoms with Gasteiger partial charge in [0.1, 0.15) is 24.4 Å². The van der Waals surface area contributed by atoms with E-state index in [-0.39, 0.29) is 26.4 Å². The Balaban J connectivity index is 3.54. The van der Waals surface area contributed by atoms with Gasteiger partial charge in [-0.1, -0.05) is 0 Å². The Morgan fingerprint density at radius 2 is 1.00 bits per heavy atom. The molecule has 0 aliphatic rings. The predicted molar refractivity (Wildman–Crippen MR) is 73.3 cm³/mol. The van der Waals surface area contributed by atoms with Gasteiger partial charge in [-0.2, -0.15) is 0 Å². The van der Waals surface area contributed by atoms with Crippen molar-refractivity contribution in [2.45, 2.75) is 52.7 Å². The molecule has 0 saturated carbocycles. The normalized spacial score (nSPS) is 12.1. The fourth-order valence-electron chi connectivity index (χ4n) is 1.17. The zero-order chi connectivity index (χ0) is 15.8. The zero-order valence-corrected chi connectivity index (χ0v) is 13.3. The van der Waals surface area contributed by atoms with Crippen LogP contribution in [-0.2, 0) is 28.5 Å². The summed E-state index contributed by atoms with van der Waals surface area (Å²) in [5.74, 6) is -0.853. The summed E-state index contributed by atoms with van der Waals surface area (Å²) >= 11 is 0. The molecular formula is C14H26O6. The first kappa shape index (κ1) is 18.9. The lowest BCUT2D eigenvalue weighted by atomic mass is 10.2. The Kier molecular flexibility index (Phi) is 7.75. The standard InChI is InChI=1S/C14H26O6/c1-13(2,3)19-11(15)9-17-7-8-18-10-12(16)20-14(4,5)6/h7-10H2,1-6H3. The molecule has 6 heteroatoms. The Morgan fingerprint density at radius 1 is 0.700 bits per heavy atom. The minimum atomic E-state index is -0.520. The summed E-state index contributed by atoms with van der Waals surface area (Å²) in [4.78, 5) is 22.6. The van der Waals surface area contributed by atoms with E-state index in [9.17, 15) is 9.59 Å². The van der Waals surface area contributed by atoms with Gasteiger partial charge in [-0.25, -0.2) is 9.59 Å². The van der Waals surface area contributed by atoms with Gasteiger partial charge in [0.15, 0.2) is 0 Å². The van der Waals surface area contributed by atoms with Crippen molar-refractivity contribution in [3.05, 3.63) is 0 Å². The number of hydrogen-bond donors (Lipinski definition) is 0. The first-order chi connectivity index (χ1) is 8.99. The molecule has 0 spiro atoms. The van der Waals surface area contributed by atoms with Crippen molar-refractivity contribution in [3.63, 3.8) is 0 Å². The molecule has 0 unspecified atom stereocenters. The van der Waals surface area contributed by atoms with Crippen molar-refractivity contribution in [1.29, 1.82) is 0 Å². The van der Waals surface area contributed by atoms with Crippen LogP contribution in [0.4, 0.5) is 0 Å². The van der Waals surface area contributed by atoms with Crippen LogP contribution in [0.1, 0.15) is 41.5 Å². The van der Waals surface area contributed by atoms with E-state index >= 15 is 0 Å². The van der Waals surface area contributed by atoms with Gasteiger partial charge in [0, 0.05) is 0 Å². The highest BCUT2D eigenvalue weighted by molar-refractivity contribution is 5.71. The Hall–Kier alpha value is -1.14. The van der Waals surface area contributed by atoms with Gasteiger partial charge >= 0.3 is 11.9 Å². The van der Waals surface area contributed by atoms with E-state index in [1.54, 1.807) is 41.5 Å². The zero-order valence-electron chi connectivity index (χ0n) is 13.3. The molecule has 0 aromatic rings. The largest absolute Gasteiger partial charge is 0.458 e. The van der Waals surface area contributed by atoms with Gasteiger partial charge in [-0.05, 0) is 41.5 Å². The summed E-state index contributed by atoms with van der Waals surface area (Å²) in [7, 11) is 0. The van der Waals surface area contributed by atoms with Crippen molar-refractivity contribution in [1.82, 2.24) is 0 Å². The van der Waals surface area contributed by atoms with E-state index in [4.69, 9.17) is 18.9 Å². The molecule has 0 fully saturated rings. The molecule has 0 atom stereocenters. The number of carbonyl (C=O) groups excluding carboxylic acids is 2. The lowest BCUT2D eigenvalue weighted by Gasteiger charge is -2.19. The van der Waals surface area contributed by atoms with Gasteiger partial charge in [0.25, 0.3) is 0 Å². The van der Waals surface area contributed by atoms with Crippen molar-refractivity contribution < 1.29 is 28.5 Å².